The van der Waals surface area contributed by atoms with Crippen LogP contribution in [0.15, 0.2) is 30.3 Å². The number of urea groups is 1. The predicted octanol–water partition coefficient (Wildman–Crippen LogP) is 3.01. The molecule has 0 unspecified atom stereocenters. The van der Waals surface area contributed by atoms with Crippen LogP contribution in [0.25, 0.3) is 5.69 Å². The number of nitrogens with one attached hydrogen (secondary N) is 1. The van der Waals surface area contributed by atoms with Crippen LogP contribution < -0.4 is 5.32 Å². The van der Waals surface area contributed by atoms with Gasteiger partial charge < -0.3 is 9.88 Å². The van der Waals surface area contributed by atoms with Crippen LogP contribution in [0.4, 0.5) is 4.79 Å². The number of Topliss-reactive ketones (excluding diaryl/α,β-unsaturated/α-hetero) is 1. The van der Waals surface area contributed by atoms with Crippen LogP contribution in [0.1, 0.15) is 33.7 Å². The normalized spacial score (nSPS) is 21.6. The number of hydrogen-bond acceptors (Lipinski definition) is 4. The number of hydrogen-bond donors (Lipinski definition) is 1. The van der Waals surface area contributed by atoms with Crippen molar-refractivity contribution >= 4 is 29.5 Å². The molecule has 0 radical (unpaired) electrons. The topological polar surface area (TPSA) is 71.4 Å². The Bertz CT molecular complexity index is 989. The van der Waals surface area contributed by atoms with Crippen molar-refractivity contribution in [2.24, 2.45) is 0 Å². The summed E-state index contributed by atoms with van der Waals surface area (Å²) in [6.07, 6.45) is 0.620. The van der Waals surface area contributed by atoms with E-state index < -0.39 is 11.6 Å². The molecule has 2 aliphatic rings. The molecular weight excluding hydrogens is 374 g/mol. The van der Waals surface area contributed by atoms with E-state index in [-0.39, 0.29) is 18.2 Å². The minimum atomic E-state index is -0.819. The zero-order chi connectivity index (χ0) is 20.1. The summed E-state index contributed by atoms with van der Waals surface area (Å²) in [4.78, 5) is 39.2. The monoisotopic (exact) mass is 397 g/mol. The summed E-state index contributed by atoms with van der Waals surface area (Å²) in [5.41, 5.74) is 3.60. The molecule has 3 heterocycles. The highest BCUT2D eigenvalue weighted by Gasteiger charge is 2.53. The molecule has 2 fully saturated rings. The van der Waals surface area contributed by atoms with Crippen LogP contribution in [0, 0.1) is 20.8 Å². The van der Waals surface area contributed by atoms with E-state index in [2.05, 4.69) is 11.4 Å². The molecule has 146 valence electrons. The fourth-order valence-electron chi connectivity index (χ4n) is 4.09. The lowest BCUT2D eigenvalue weighted by Crippen LogP contribution is -2.47. The lowest BCUT2D eigenvalue weighted by atomic mass is 9.99. The smallest absolute Gasteiger partial charge is 0.322 e. The number of imide groups is 1. The second-order valence-electron chi connectivity index (χ2n) is 7.59. The van der Waals surface area contributed by atoms with E-state index in [1.165, 1.54) is 0 Å². The van der Waals surface area contributed by atoms with Gasteiger partial charge in [0.25, 0.3) is 5.91 Å². The van der Waals surface area contributed by atoms with E-state index >= 15 is 0 Å². The maximum absolute atomic E-state index is 13.0. The van der Waals surface area contributed by atoms with Crippen LogP contribution in [0.2, 0.25) is 0 Å². The van der Waals surface area contributed by atoms with Crippen LogP contribution in [-0.4, -0.2) is 50.8 Å². The first kappa shape index (κ1) is 18.8. The molecule has 1 aromatic heterocycles. The predicted molar refractivity (Wildman–Crippen MR) is 109 cm³/mol. The first-order valence-electron chi connectivity index (χ1n) is 9.33. The van der Waals surface area contributed by atoms with Gasteiger partial charge in [-0.15, -0.1) is 0 Å². The summed E-state index contributed by atoms with van der Waals surface area (Å²) in [5.74, 6) is 0.914. The SMILES string of the molecule is Cc1cccc(-n2c(C)cc(C(=O)CN3C(=O)N[C@]4(CCSC4)C3=O)c2C)c1. The fourth-order valence-corrected chi connectivity index (χ4v) is 5.42. The summed E-state index contributed by atoms with van der Waals surface area (Å²) in [6.45, 7) is 5.64. The maximum atomic E-state index is 13.0. The second kappa shape index (κ2) is 6.81. The Kier molecular flexibility index (Phi) is 4.57. The summed E-state index contributed by atoms with van der Waals surface area (Å²) in [5, 5.41) is 2.81. The van der Waals surface area contributed by atoms with E-state index in [9.17, 15) is 14.4 Å². The van der Waals surface area contributed by atoms with Gasteiger partial charge in [-0.25, -0.2) is 4.79 Å². The molecule has 1 aromatic carbocycles. The third kappa shape index (κ3) is 2.94. The van der Waals surface area contributed by atoms with E-state index in [4.69, 9.17) is 0 Å². The van der Waals surface area contributed by atoms with Gasteiger partial charge in [-0.3, -0.25) is 14.5 Å². The van der Waals surface area contributed by atoms with E-state index in [0.29, 0.717) is 17.7 Å². The van der Waals surface area contributed by atoms with Gasteiger partial charge in [-0.05, 0) is 56.7 Å². The van der Waals surface area contributed by atoms with Crippen molar-refractivity contribution in [2.75, 3.05) is 18.1 Å². The molecule has 7 heteroatoms. The number of benzene rings is 1. The minimum absolute atomic E-state index is 0.224. The molecule has 2 saturated heterocycles. The molecule has 1 spiro atoms. The van der Waals surface area contributed by atoms with E-state index in [1.54, 1.807) is 11.8 Å². The lowest BCUT2D eigenvalue weighted by Gasteiger charge is -2.19. The van der Waals surface area contributed by atoms with Gasteiger partial charge in [0.15, 0.2) is 5.78 Å². The molecular formula is C21H23N3O3S. The third-order valence-electron chi connectivity index (χ3n) is 5.56. The van der Waals surface area contributed by atoms with Crippen molar-refractivity contribution in [3.05, 3.63) is 52.8 Å². The van der Waals surface area contributed by atoms with Crippen molar-refractivity contribution in [1.82, 2.24) is 14.8 Å². The Balaban J connectivity index is 1.60. The van der Waals surface area contributed by atoms with Crippen LogP contribution >= 0.6 is 11.8 Å². The van der Waals surface area contributed by atoms with Crippen LogP contribution in [-0.2, 0) is 4.79 Å². The number of rotatable bonds is 4. The molecule has 2 aromatic rings. The van der Waals surface area contributed by atoms with Gasteiger partial charge in [0.1, 0.15) is 5.54 Å². The fraction of sp³-hybridized carbons (Fsp3) is 0.381. The summed E-state index contributed by atoms with van der Waals surface area (Å²) >= 11 is 1.65. The van der Waals surface area contributed by atoms with Crippen molar-refractivity contribution in [3.8, 4) is 5.69 Å². The largest absolute Gasteiger partial charge is 0.325 e. The summed E-state index contributed by atoms with van der Waals surface area (Å²) < 4.78 is 2.03. The zero-order valence-electron chi connectivity index (χ0n) is 16.2. The molecule has 3 amide bonds. The average molecular weight is 398 g/mol. The molecule has 0 bridgehead atoms. The van der Waals surface area contributed by atoms with Gasteiger partial charge >= 0.3 is 6.03 Å². The number of carbonyl (C=O) groups is 3. The Morgan fingerprint density at radius 3 is 2.68 bits per heavy atom. The minimum Gasteiger partial charge on any atom is -0.322 e. The van der Waals surface area contributed by atoms with Crippen LogP contribution in [0.3, 0.4) is 0 Å². The first-order valence-corrected chi connectivity index (χ1v) is 10.5. The van der Waals surface area contributed by atoms with Crippen molar-refractivity contribution in [2.45, 2.75) is 32.7 Å². The number of aryl methyl sites for hydroxylation is 2. The first-order chi connectivity index (χ1) is 13.3. The molecule has 28 heavy (non-hydrogen) atoms. The lowest BCUT2D eigenvalue weighted by molar-refractivity contribution is -0.130. The zero-order valence-corrected chi connectivity index (χ0v) is 17.1. The molecule has 1 N–H and O–H groups in total. The standard InChI is InChI=1S/C21H23N3O3S/c1-13-5-4-6-16(9-13)24-14(2)10-17(15(24)3)18(25)11-23-19(26)21(22-20(23)27)7-8-28-12-21/h4-6,9-10H,7-8,11-12H2,1-3H3,(H,22,27)/t21-/m0/s1. The summed E-state index contributed by atoms with van der Waals surface area (Å²) in [7, 11) is 0. The van der Waals surface area contributed by atoms with Crippen molar-refractivity contribution in [3.63, 3.8) is 0 Å². The Morgan fingerprint density at radius 1 is 1.21 bits per heavy atom. The number of nitrogens with zero attached hydrogens (tertiary/aromatic N) is 2. The Hall–Kier alpha value is -2.54. The molecule has 0 saturated carbocycles. The number of ketones is 1. The van der Waals surface area contributed by atoms with Gasteiger partial charge in [-0.1, -0.05) is 12.1 Å². The average Bonchev–Trinajstić information content (AvgIpc) is 3.29. The number of amides is 3. The van der Waals surface area contributed by atoms with Crippen molar-refractivity contribution < 1.29 is 14.4 Å². The molecule has 2 aliphatic heterocycles. The van der Waals surface area contributed by atoms with Gasteiger partial charge in [0, 0.05) is 28.4 Å². The highest BCUT2D eigenvalue weighted by Crippen LogP contribution is 2.33. The molecule has 0 aliphatic carbocycles. The molecule has 1 atom stereocenters. The van der Waals surface area contributed by atoms with Gasteiger partial charge in [-0.2, -0.15) is 11.8 Å². The second-order valence-corrected chi connectivity index (χ2v) is 8.69. The Morgan fingerprint density at radius 2 is 2.00 bits per heavy atom. The van der Waals surface area contributed by atoms with Crippen molar-refractivity contribution in [1.29, 1.82) is 0 Å². The van der Waals surface area contributed by atoms with E-state index in [1.807, 2.05) is 49.6 Å². The highest BCUT2D eigenvalue weighted by atomic mass is 32.2. The van der Waals surface area contributed by atoms with E-state index in [0.717, 1.165) is 33.3 Å². The van der Waals surface area contributed by atoms with Gasteiger partial charge in [0.2, 0.25) is 0 Å². The molecule has 6 nitrogen and oxygen atoms in total. The van der Waals surface area contributed by atoms with Gasteiger partial charge in [0.05, 0.1) is 6.54 Å². The quantitative estimate of drug-likeness (QED) is 0.636. The Labute approximate surface area is 168 Å². The summed E-state index contributed by atoms with van der Waals surface area (Å²) in [6, 6.07) is 9.44. The highest BCUT2D eigenvalue weighted by molar-refractivity contribution is 7.99. The number of aromatic nitrogens is 1. The maximum Gasteiger partial charge on any atom is 0.325 e. The number of carbonyl (C=O) groups excluding carboxylic acids is 3. The molecule has 4 rings (SSSR count). The van der Waals surface area contributed by atoms with Crippen LogP contribution in [0.5, 0.6) is 0 Å². The number of thioether (sulfide) groups is 1. The third-order valence-corrected chi connectivity index (χ3v) is 6.75.